The number of rotatable bonds is 13. The molecule has 6 rings (SSSR count). The second-order valence-corrected chi connectivity index (χ2v) is 20.4. The van der Waals surface area contributed by atoms with Gasteiger partial charge in [0.1, 0.15) is 11.9 Å². The number of aromatic hydroxyl groups is 3. The fourth-order valence-electron chi connectivity index (χ4n) is 11.5. The molecule has 18 atom stereocenters. The van der Waals surface area contributed by atoms with E-state index in [0.29, 0.717) is 64.2 Å². The summed E-state index contributed by atoms with van der Waals surface area (Å²) in [5.41, 5.74) is 2.82. The fourth-order valence-corrected chi connectivity index (χ4v) is 11.5. The van der Waals surface area contributed by atoms with Gasteiger partial charge in [0.2, 0.25) is 11.7 Å². The van der Waals surface area contributed by atoms with E-state index >= 15 is 0 Å². The molecule has 0 aliphatic carbocycles. The van der Waals surface area contributed by atoms with Crippen LogP contribution in [0.1, 0.15) is 144 Å². The fraction of sp³-hybridized carbons (Fsp3) is 0.776. The Kier molecular flexibility index (Phi) is 15.5. The molecule has 16 nitrogen and oxygen atoms in total. The third-order valence-electron chi connectivity index (χ3n) is 16.1. The highest BCUT2D eigenvalue weighted by molar-refractivity contribution is 5.96. The summed E-state index contributed by atoms with van der Waals surface area (Å²) in [5.74, 6) is -9.09. The molecule has 8 N–H and O–H groups in total. The van der Waals surface area contributed by atoms with Crippen molar-refractivity contribution in [1.29, 1.82) is 0 Å². The number of carbonyl (C=O) groups excluding carboxylic acids is 3. The van der Waals surface area contributed by atoms with E-state index in [-0.39, 0.29) is 41.3 Å². The lowest BCUT2D eigenvalue weighted by Crippen LogP contribution is -2.63. The topological polar surface area (TPSA) is 243 Å². The van der Waals surface area contributed by atoms with Crippen LogP contribution in [0, 0.1) is 41.4 Å². The van der Waals surface area contributed by atoms with Crippen LogP contribution in [0.2, 0.25) is 0 Å². The van der Waals surface area contributed by atoms with Crippen molar-refractivity contribution in [2.45, 2.75) is 199 Å². The van der Waals surface area contributed by atoms with Crippen LogP contribution in [0.5, 0.6) is 17.2 Å². The minimum atomic E-state index is -1.41. The largest absolute Gasteiger partial charge is 0.504 e. The van der Waals surface area contributed by atoms with Gasteiger partial charge in [0.15, 0.2) is 23.0 Å². The van der Waals surface area contributed by atoms with E-state index in [0.717, 1.165) is 12.1 Å². The Morgan fingerprint density at radius 3 is 2.12 bits per heavy atom. The molecule has 0 bridgehead atoms. The minimum Gasteiger partial charge on any atom is -0.504 e. The number of aliphatic hydroxyl groups is 3. The third-order valence-corrected chi connectivity index (χ3v) is 16.1. The van der Waals surface area contributed by atoms with E-state index in [2.05, 4.69) is 17.8 Å². The number of phenolic OH excluding ortho intramolecular Hbond substituents is 3. The Morgan fingerprint density at radius 1 is 0.846 bits per heavy atom. The van der Waals surface area contributed by atoms with E-state index < -0.39 is 106 Å². The van der Waals surface area contributed by atoms with E-state index in [1.807, 2.05) is 55.4 Å². The second kappa shape index (κ2) is 19.7. The van der Waals surface area contributed by atoms with Crippen LogP contribution in [-0.2, 0) is 33.3 Å². The maximum absolute atomic E-state index is 14.7. The van der Waals surface area contributed by atoms with Gasteiger partial charge >= 0.3 is 0 Å². The van der Waals surface area contributed by atoms with Gasteiger partial charge in [-0.2, -0.15) is 0 Å². The number of aliphatic hydroxyl groups excluding tert-OH is 2. The first-order valence-corrected chi connectivity index (χ1v) is 24.0. The Bertz CT molecular complexity index is 1890. The number of nitrogens with one attached hydrogen (secondary N) is 2. The molecule has 5 aliphatic heterocycles. The van der Waals surface area contributed by atoms with E-state index in [1.165, 1.54) is 0 Å². The number of hydrogen-bond acceptors (Lipinski definition) is 14. The van der Waals surface area contributed by atoms with Gasteiger partial charge in [-0.1, -0.05) is 55.4 Å². The van der Waals surface area contributed by atoms with Gasteiger partial charge in [-0.15, -0.1) is 0 Å². The van der Waals surface area contributed by atoms with Crippen LogP contribution in [0.4, 0.5) is 0 Å². The van der Waals surface area contributed by atoms with Gasteiger partial charge < -0.3 is 54.3 Å². The molecule has 0 radical (unpaired) electrons. The molecule has 16 heteroatoms. The van der Waals surface area contributed by atoms with Crippen LogP contribution >= 0.6 is 0 Å². The average molecular weight is 917 g/mol. The molecule has 2 amide bonds. The number of hydrogen-bond donors (Lipinski definition) is 8. The van der Waals surface area contributed by atoms with Crippen molar-refractivity contribution in [3.63, 3.8) is 0 Å². The van der Waals surface area contributed by atoms with Gasteiger partial charge in [-0.25, -0.2) is 0 Å². The van der Waals surface area contributed by atoms with Crippen molar-refractivity contribution in [3.8, 4) is 17.2 Å². The molecule has 4 saturated heterocycles. The van der Waals surface area contributed by atoms with E-state index in [1.54, 1.807) is 19.1 Å². The number of Topliss-reactive ketones (excluding diaryl/α,β-unsaturated/α-hetero) is 1. The van der Waals surface area contributed by atoms with Crippen molar-refractivity contribution in [1.82, 2.24) is 10.9 Å². The van der Waals surface area contributed by atoms with Gasteiger partial charge in [0.05, 0.1) is 53.7 Å². The lowest BCUT2D eigenvalue weighted by molar-refractivity contribution is -0.409. The van der Waals surface area contributed by atoms with Crippen LogP contribution < -0.4 is 10.9 Å². The molecule has 2 spiro atoms. The molecule has 1 aromatic carbocycles. The minimum absolute atomic E-state index is 0.00330. The van der Waals surface area contributed by atoms with Crippen molar-refractivity contribution in [2.75, 3.05) is 0 Å². The summed E-state index contributed by atoms with van der Waals surface area (Å²) < 4.78 is 33.8. The number of ether oxygens (including phenoxy) is 5. The summed E-state index contributed by atoms with van der Waals surface area (Å²) in [5, 5.41) is 63.8. The summed E-state index contributed by atoms with van der Waals surface area (Å²) in [4.78, 5) is 40.8. The highest BCUT2D eigenvalue weighted by atomic mass is 16.8. The standard InChI is InChI=1S/C49H76N2O14/c1-11-32(45(59)51-50-44(58)31-23-34(52)41(57)35(53)24-31)36-15-14-25(4)42(62-36)29(8)39(55)28(7)40(56)33(12-2)43-26(5)22-27(6)48(63-43)19-16-37(54)49(65-48)21-20-46(10,64-49)38-17-18-47(60,13-3)30(9)61-38/h16,19,23-30,32-33,36-39,42-43,52-55,57,60H,11-15,17-18,20-22H2,1-10H3,(H,50,58)(H,51,59)/t25?,26-,27+,28-,29-,30-,32+,33-,36+,37+,38+,39+,42+,43-,46-,47+,48-,49-/m0/s1. The SMILES string of the molecule is CC[C@@H](C(=O)[C@@H](C)[C@@H](O)[C@H](C)[C@@H]1O[C@@H]([C@@H](CC)C(=O)NNC(=O)c2cc(O)c(O)c(O)c2)CCC1C)[C@H]1O[C@]2(C=C[C@@H](O)[C@]3(CC[C@@](C)([C@H]4CC[C@](O)(CC)[C@H](C)O4)O3)O2)[C@H](C)C[C@@H]1C. The molecule has 65 heavy (non-hydrogen) atoms. The van der Waals surface area contributed by atoms with Crippen molar-refractivity contribution in [2.24, 2.45) is 41.4 Å². The quantitative estimate of drug-likeness (QED) is 0.0675. The molecule has 0 saturated carbocycles. The highest BCUT2D eigenvalue weighted by Crippen LogP contribution is 2.54. The molecule has 1 unspecified atom stereocenters. The summed E-state index contributed by atoms with van der Waals surface area (Å²) in [7, 11) is 0. The van der Waals surface area contributed by atoms with Crippen LogP contribution in [0.3, 0.4) is 0 Å². The molecule has 0 aromatic heterocycles. The van der Waals surface area contributed by atoms with Crippen LogP contribution in [-0.4, -0.2) is 114 Å². The van der Waals surface area contributed by atoms with E-state index in [4.69, 9.17) is 23.7 Å². The first kappa shape index (κ1) is 51.0. The van der Waals surface area contributed by atoms with Crippen molar-refractivity contribution < 1.29 is 68.7 Å². The molecular weight excluding hydrogens is 841 g/mol. The monoisotopic (exact) mass is 917 g/mol. The van der Waals surface area contributed by atoms with Gasteiger partial charge in [0.25, 0.3) is 5.91 Å². The Hall–Kier alpha value is -3.35. The number of phenols is 3. The summed E-state index contributed by atoms with van der Waals surface area (Å²) in [6.07, 6.45) is 4.43. The zero-order valence-electron chi connectivity index (χ0n) is 39.9. The molecule has 4 fully saturated rings. The lowest BCUT2D eigenvalue weighted by atomic mass is 9.72. The second-order valence-electron chi connectivity index (χ2n) is 20.4. The normalized spacial score (nSPS) is 39.6. The third kappa shape index (κ3) is 9.83. The zero-order valence-corrected chi connectivity index (χ0v) is 39.9. The lowest BCUT2D eigenvalue weighted by Gasteiger charge is -2.54. The predicted octanol–water partition coefficient (Wildman–Crippen LogP) is 5.68. The Labute approximate surface area is 383 Å². The summed E-state index contributed by atoms with van der Waals surface area (Å²) >= 11 is 0. The maximum atomic E-state index is 14.7. The zero-order chi connectivity index (χ0) is 48.0. The summed E-state index contributed by atoms with van der Waals surface area (Å²) in [6.45, 7) is 19.3. The first-order valence-electron chi connectivity index (χ1n) is 24.0. The number of carbonyl (C=O) groups is 3. The maximum Gasteiger partial charge on any atom is 0.269 e. The molecule has 366 valence electrons. The smallest absolute Gasteiger partial charge is 0.269 e. The Morgan fingerprint density at radius 2 is 1.51 bits per heavy atom. The average Bonchev–Trinajstić information content (AvgIpc) is 3.62. The van der Waals surface area contributed by atoms with Gasteiger partial charge in [0, 0.05) is 35.7 Å². The first-order chi connectivity index (χ1) is 30.5. The molecular formula is C49H76N2O14. The molecule has 5 aliphatic rings. The predicted molar refractivity (Wildman–Crippen MR) is 238 cm³/mol. The van der Waals surface area contributed by atoms with E-state index in [9.17, 15) is 45.0 Å². The van der Waals surface area contributed by atoms with Crippen LogP contribution in [0.15, 0.2) is 24.3 Å². The van der Waals surface area contributed by atoms with Crippen LogP contribution in [0.25, 0.3) is 0 Å². The van der Waals surface area contributed by atoms with Gasteiger partial charge in [-0.05, 0) is 108 Å². The number of ketones is 1. The highest BCUT2D eigenvalue weighted by Gasteiger charge is 2.63. The summed E-state index contributed by atoms with van der Waals surface area (Å²) in [6, 6.07) is 1.91. The number of hydrazine groups is 1. The number of benzene rings is 1. The molecule has 5 heterocycles. The molecule has 1 aromatic rings. The van der Waals surface area contributed by atoms with Crippen molar-refractivity contribution >= 4 is 17.6 Å². The van der Waals surface area contributed by atoms with Crippen molar-refractivity contribution in [3.05, 3.63) is 29.8 Å². The van der Waals surface area contributed by atoms with Gasteiger partial charge in [-0.3, -0.25) is 25.2 Å². The number of amides is 2. The Balaban J connectivity index is 1.11.